The summed E-state index contributed by atoms with van der Waals surface area (Å²) in [6.45, 7) is 3.80. The minimum Gasteiger partial charge on any atom is -0.375 e. The van der Waals surface area contributed by atoms with Gasteiger partial charge in [-0.3, -0.25) is 0 Å². The summed E-state index contributed by atoms with van der Waals surface area (Å²) in [5.41, 5.74) is 1.40. The van der Waals surface area contributed by atoms with E-state index >= 15 is 0 Å². The minimum atomic E-state index is 0.349. The van der Waals surface area contributed by atoms with Crippen molar-refractivity contribution in [3.8, 4) is 0 Å². The Hall–Kier alpha value is -0.600. The van der Waals surface area contributed by atoms with Gasteiger partial charge in [-0.05, 0) is 37.7 Å². The largest absolute Gasteiger partial charge is 0.375 e. The Labute approximate surface area is 118 Å². The van der Waals surface area contributed by atoms with E-state index in [0.717, 1.165) is 32.1 Å². The number of aryl methyl sites for hydroxylation is 1. The number of rotatable bonds is 5. The molecule has 0 amide bonds. The van der Waals surface area contributed by atoms with Gasteiger partial charge >= 0.3 is 0 Å². The van der Waals surface area contributed by atoms with E-state index in [2.05, 4.69) is 52.8 Å². The SMILES string of the molecule is C=CC[C@@H]1C[C@H](Br)C[C@H](CCc2ccccc2)O1. The molecule has 1 aromatic rings. The van der Waals surface area contributed by atoms with E-state index in [-0.39, 0.29) is 0 Å². The Balaban J connectivity index is 1.83. The van der Waals surface area contributed by atoms with Gasteiger partial charge in [-0.1, -0.05) is 52.3 Å². The Morgan fingerprint density at radius 3 is 2.67 bits per heavy atom. The Kier molecular flexibility index (Phi) is 5.45. The van der Waals surface area contributed by atoms with Gasteiger partial charge in [0.15, 0.2) is 0 Å². The van der Waals surface area contributed by atoms with Crippen LogP contribution in [0.3, 0.4) is 0 Å². The third kappa shape index (κ3) is 4.25. The molecule has 0 saturated carbocycles. The van der Waals surface area contributed by atoms with Gasteiger partial charge in [0.1, 0.15) is 0 Å². The molecule has 1 aromatic carbocycles. The molecule has 1 saturated heterocycles. The highest BCUT2D eigenvalue weighted by molar-refractivity contribution is 9.09. The van der Waals surface area contributed by atoms with Crippen LogP contribution in [0.5, 0.6) is 0 Å². The molecule has 1 heterocycles. The third-order valence-electron chi connectivity index (χ3n) is 3.45. The van der Waals surface area contributed by atoms with Gasteiger partial charge in [-0.25, -0.2) is 0 Å². The monoisotopic (exact) mass is 308 g/mol. The molecular formula is C16H21BrO. The number of ether oxygens (including phenoxy) is 1. The molecule has 0 radical (unpaired) electrons. The maximum Gasteiger partial charge on any atom is 0.0623 e. The fourth-order valence-electron chi connectivity index (χ4n) is 2.55. The molecule has 1 aliphatic rings. The smallest absolute Gasteiger partial charge is 0.0623 e. The fraction of sp³-hybridized carbons (Fsp3) is 0.500. The molecule has 3 atom stereocenters. The van der Waals surface area contributed by atoms with Gasteiger partial charge in [0.2, 0.25) is 0 Å². The van der Waals surface area contributed by atoms with Gasteiger partial charge in [0.05, 0.1) is 12.2 Å². The first-order valence-corrected chi connectivity index (χ1v) is 7.64. The first-order valence-electron chi connectivity index (χ1n) is 6.72. The molecule has 0 N–H and O–H groups in total. The van der Waals surface area contributed by atoms with E-state index in [1.54, 1.807) is 0 Å². The first-order chi connectivity index (χ1) is 8.78. The van der Waals surface area contributed by atoms with Crippen molar-refractivity contribution in [2.24, 2.45) is 0 Å². The van der Waals surface area contributed by atoms with Gasteiger partial charge in [-0.15, -0.1) is 6.58 Å². The standard InChI is InChI=1S/C16H21BrO/c1-2-6-15-11-14(17)12-16(18-15)10-9-13-7-4-3-5-8-13/h2-5,7-8,14-16H,1,6,9-12H2/t14-,15+,16-/m0/s1. The van der Waals surface area contributed by atoms with Crippen LogP contribution >= 0.6 is 15.9 Å². The third-order valence-corrected chi connectivity index (χ3v) is 4.20. The zero-order chi connectivity index (χ0) is 12.8. The highest BCUT2D eigenvalue weighted by Gasteiger charge is 2.26. The summed E-state index contributed by atoms with van der Waals surface area (Å²) in [5.74, 6) is 0. The van der Waals surface area contributed by atoms with Crippen LogP contribution in [0.4, 0.5) is 0 Å². The molecule has 0 aromatic heterocycles. The Bertz CT molecular complexity index is 363. The predicted molar refractivity (Wildman–Crippen MR) is 80.2 cm³/mol. The molecule has 0 aliphatic carbocycles. The lowest BCUT2D eigenvalue weighted by molar-refractivity contribution is -0.0472. The minimum absolute atomic E-state index is 0.349. The van der Waals surface area contributed by atoms with Crippen molar-refractivity contribution in [1.82, 2.24) is 0 Å². The summed E-state index contributed by atoms with van der Waals surface area (Å²) in [6.07, 6.45) is 8.10. The molecule has 0 spiro atoms. The van der Waals surface area contributed by atoms with E-state index < -0.39 is 0 Å². The lowest BCUT2D eigenvalue weighted by atomic mass is 9.97. The van der Waals surface area contributed by atoms with Crippen LogP contribution in [0.25, 0.3) is 0 Å². The lowest BCUT2D eigenvalue weighted by Gasteiger charge is -2.33. The predicted octanol–water partition coefficient (Wildman–Crippen LogP) is 4.51. The van der Waals surface area contributed by atoms with Crippen LogP contribution in [0.2, 0.25) is 0 Å². The van der Waals surface area contributed by atoms with Crippen LogP contribution < -0.4 is 0 Å². The van der Waals surface area contributed by atoms with Gasteiger partial charge < -0.3 is 4.74 Å². The number of hydrogen-bond donors (Lipinski definition) is 0. The number of alkyl halides is 1. The summed E-state index contributed by atoms with van der Waals surface area (Å²) in [7, 11) is 0. The molecule has 1 aliphatic heterocycles. The zero-order valence-electron chi connectivity index (χ0n) is 10.7. The maximum absolute atomic E-state index is 6.12. The number of halogens is 1. The average molecular weight is 309 g/mol. The van der Waals surface area contributed by atoms with E-state index in [0.29, 0.717) is 17.0 Å². The normalized spacial score (nSPS) is 27.9. The van der Waals surface area contributed by atoms with Crippen molar-refractivity contribution in [3.63, 3.8) is 0 Å². The molecule has 2 heteroatoms. The quantitative estimate of drug-likeness (QED) is 0.574. The second-order valence-electron chi connectivity index (χ2n) is 5.00. The molecule has 98 valence electrons. The summed E-state index contributed by atoms with van der Waals surface area (Å²) in [6, 6.07) is 10.6. The molecule has 18 heavy (non-hydrogen) atoms. The Morgan fingerprint density at radius 2 is 1.94 bits per heavy atom. The number of hydrogen-bond acceptors (Lipinski definition) is 1. The highest BCUT2D eigenvalue weighted by Crippen LogP contribution is 2.29. The van der Waals surface area contributed by atoms with Crippen LogP contribution in [-0.4, -0.2) is 17.0 Å². The summed E-state index contributed by atoms with van der Waals surface area (Å²) >= 11 is 3.75. The van der Waals surface area contributed by atoms with Crippen molar-refractivity contribution < 1.29 is 4.74 Å². The molecule has 1 fully saturated rings. The van der Waals surface area contributed by atoms with Crippen molar-refractivity contribution in [3.05, 3.63) is 48.6 Å². The summed E-state index contributed by atoms with van der Waals surface area (Å²) in [4.78, 5) is 0.594. The van der Waals surface area contributed by atoms with Gasteiger partial charge in [0, 0.05) is 4.83 Å². The van der Waals surface area contributed by atoms with Crippen molar-refractivity contribution in [1.29, 1.82) is 0 Å². The van der Waals surface area contributed by atoms with Crippen LogP contribution in [0.15, 0.2) is 43.0 Å². The Morgan fingerprint density at radius 1 is 1.22 bits per heavy atom. The van der Waals surface area contributed by atoms with E-state index in [9.17, 15) is 0 Å². The van der Waals surface area contributed by atoms with Crippen LogP contribution in [0.1, 0.15) is 31.2 Å². The molecule has 1 nitrogen and oxygen atoms in total. The highest BCUT2D eigenvalue weighted by atomic mass is 79.9. The molecule has 0 unspecified atom stereocenters. The van der Waals surface area contributed by atoms with E-state index in [1.165, 1.54) is 5.56 Å². The van der Waals surface area contributed by atoms with Crippen LogP contribution in [0, 0.1) is 0 Å². The lowest BCUT2D eigenvalue weighted by Crippen LogP contribution is -2.33. The summed E-state index contributed by atoms with van der Waals surface area (Å²) < 4.78 is 6.12. The van der Waals surface area contributed by atoms with Crippen molar-refractivity contribution in [2.75, 3.05) is 0 Å². The van der Waals surface area contributed by atoms with E-state index in [1.807, 2.05) is 6.08 Å². The van der Waals surface area contributed by atoms with Crippen LogP contribution in [-0.2, 0) is 11.2 Å². The maximum atomic E-state index is 6.12. The molecular weight excluding hydrogens is 288 g/mol. The topological polar surface area (TPSA) is 9.23 Å². The fourth-order valence-corrected chi connectivity index (χ4v) is 3.38. The second-order valence-corrected chi connectivity index (χ2v) is 6.29. The average Bonchev–Trinajstić information content (AvgIpc) is 2.37. The first kappa shape index (κ1) is 13.8. The van der Waals surface area contributed by atoms with Crippen molar-refractivity contribution in [2.45, 2.75) is 49.1 Å². The second kappa shape index (κ2) is 7.10. The molecule has 0 bridgehead atoms. The van der Waals surface area contributed by atoms with Gasteiger partial charge in [0.25, 0.3) is 0 Å². The summed E-state index contributed by atoms with van der Waals surface area (Å²) in [5, 5.41) is 0. The van der Waals surface area contributed by atoms with Crippen molar-refractivity contribution >= 4 is 15.9 Å². The number of benzene rings is 1. The van der Waals surface area contributed by atoms with Gasteiger partial charge in [-0.2, -0.15) is 0 Å². The van der Waals surface area contributed by atoms with E-state index in [4.69, 9.17) is 4.74 Å². The molecule has 2 rings (SSSR count). The zero-order valence-corrected chi connectivity index (χ0v) is 12.3.